The number of carboxylic acid groups (broad SMARTS) is 1. The van der Waals surface area contributed by atoms with Gasteiger partial charge in [0.2, 0.25) is 11.7 Å². The number of nitrogens with one attached hydrogen (secondary N) is 2. The van der Waals surface area contributed by atoms with E-state index in [1.807, 2.05) is 0 Å². The highest BCUT2D eigenvalue weighted by atomic mass is 35.5. The van der Waals surface area contributed by atoms with Crippen molar-refractivity contribution in [2.24, 2.45) is 0 Å². The molecule has 0 spiro atoms. The van der Waals surface area contributed by atoms with Gasteiger partial charge in [-0.2, -0.15) is 28.1 Å². The molecule has 48 heavy (non-hydrogen) atoms. The fraction of sp³-hybridized carbons (Fsp3) is 0.192. The van der Waals surface area contributed by atoms with Gasteiger partial charge >= 0.3 is 29.9 Å². The number of nitro groups is 1. The lowest BCUT2D eigenvalue weighted by molar-refractivity contribution is -0.385. The van der Waals surface area contributed by atoms with Crippen LogP contribution in [0.1, 0.15) is 28.0 Å². The number of alkyl halides is 3. The summed E-state index contributed by atoms with van der Waals surface area (Å²) in [5.41, 5.74) is -1.15. The topological polar surface area (TPSA) is 222 Å². The first-order chi connectivity index (χ1) is 22.4. The van der Waals surface area contributed by atoms with Crippen LogP contribution in [0.3, 0.4) is 0 Å². The van der Waals surface area contributed by atoms with Gasteiger partial charge in [-0.15, -0.1) is 11.3 Å². The monoisotopic (exact) mass is 734 g/mol. The molecule has 0 atom stereocenters. The molecule has 3 N–H and O–H groups in total. The van der Waals surface area contributed by atoms with Crippen LogP contribution in [0.25, 0.3) is 0 Å². The van der Waals surface area contributed by atoms with Gasteiger partial charge in [0.15, 0.2) is 0 Å². The van der Waals surface area contributed by atoms with Gasteiger partial charge < -0.3 is 19.3 Å². The third-order valence-electron chi connectivity index (χ3n) is 5.39. The van der Waals surface area contributed by atoms with Gasteiger partial charge in [-0.1, -0.05) is 11.6 Å². The van der Waals surface area contributed by atoms with Crippen molar-refractivity contribution in [1.29, 1.82) is 0 Å². The number of nitro benzene ring substituents is 1. The van der Waals surface area contributed by atoms with E-state index in [9.17, 15) is 41.3 Å². The van der Waals surface area contributed by atoms with Crippen LogP contribution in [-0.2, 0) is 16.2 Å². The number of hydrogen-bond donors (Lipinski definition) is 3. The summed E-state index contributed by atoms with van der Waals surface area (Å²) in [5.74, 6) is -1.28. The van der Waals surface area contributed by atoms with Gasteiger partial charge in [0.25, 0.3) is 10.0 Å². The predicted molar refractivity (Wildman–Crippen MR) is 163 cm³/mol. The van der Waals surface area contributed by atoms with Crippen LogP contribution in [0.15, 0.2) is 52.7 Å². The Bertz CT molecular complexity index is 1940. The SMILES string of the molecule is CCOc1cc(Oc2ccc(C(F)(F)F)cc2Cl)ccc1[N+](=O)[O-].COc1nc(C)nc(NC(=O)NS(=O)(=O)c2ccsc2C(=O)O)n1. The van der Waals surface area contributed by atoms with E-state index in [1.165, 1.54) is 37.6 Å². The van der Waals surface area contributed by atoms with E-state index in [-0.39, 0.29) is 52.3 Å². The summed E-state index contributed by atoms with van der Waals surface area (Å²) in [6, 6.07) is 6.26. The molecule has 0 unspecified atom stereocenters. The molecule has 0 radical (unpaired) electrons. The first-order valence-electron chi connectivity index (χ1n) is 12.8. The number of benzene rings is 2. The first kappa shape index (κ1) is 37.2. The van der Waals surface area contributed by atoms with E-state index in [0.29, 0.717) is 0 Å². The van der Waals surface area contributed by atoms with Gasteiger partial charge in [0.1, 0.15) is 27.1 Å². The summed E-state index contributed by atoms with van der Waals surface area (Å²) in [5, 5.41) is 23.0. The number of aromatic nitrogens is 3. The zero-order valence-electron chi connectivity index (χ0n) is 24.6. The molecule has 0 aliphatic carbocycles. The first-order valence-corrected chi connectivity index (χ1v) is 15.6. The summed E-state index contributed by atoms with van der Waals surface area (Å²) in [4.78, 5) is 43.5. The smallest absolute Gasteiger partial charge is 0.416 e. The van der Waals surface area contributed by atoms with Crippen LogP contribution in [0.4, 0.5) is 29.6 Å². The minimum absolute atomic E-state index is 0.0111. The number of nitrogens with zero attached hydrogens (tertiary/aromatic N) is 4. The summed E-state index contributed by atoms with van der Waals surface area (Å²) >= 11 is 6.53. The number of anilines is 1. The number of halogens is 4. The molecule has 2 heterocycles. The maximum atomic E-state index is 12.6. The Morgan fingerprint density at radius 2 is 1.81 bits per heavy atom. The Balaban J connectivity index is 0.000000260. The van der Waals surface area contributed by atoms with E-state index in [0.717, 1.165) is 35.6 Å². The highest BCUT2D eigenvalue weighted by molar-refractivity contribution is 7.90. The number of ether oxygens (including phenoxy) is 3. The summed E-state index contributed by atoms with van der Waals surface area (Å²) in [6.07, 6.45) is -4.52. The molecule has 0 aliphatic heterocycles. The molecule has 4 rings (SSSR count). The number of carboxylic acids is 1. The fourth-order valence-corrected chi connectivity index (χ4v) is 5.83. The summed E-state index contributed by atoms with van der Waals surface area (Å²) in [7, 11) is -3.06. The van der Waals surface area contributed by atoms with Crippen LogP contribution in [-0.4, -0.2) is 59.1 Å². The lowest BCUT2D eigenvalue weighted by Gasteiger charge is -2.12. The van der Waals surface area contributed by atoms with Crippen molar-refractivity contribution in [3.63, 3.8) is 0 Å². The molecule has 0 fully saturated rings. The Labute approximate surface area is 277 Å². The Morgan fingerprint density at radius 3 is 2.40 bits per heavy atom. The molecular formula is C26H22ClF3N6O10S2. The lowest BCUT2D eigenvalue weighted by atomic mass is 10.2. The van der Waals surface area contributed by atoms with Crippen molar-refractivity contribution >= 4 is 56.6 Å². The zero-order valence-corrected chi connectivity index (χ0v) is 27.0. The standard InChI is InChI=1S/C15H11ClF3NO4.C11H11N5O6S2/c1-2-23-14-8-10(4-5-12(14)20(21)22)24-13-6-3-9(7-11(13)16)15(17,18)19;1-5-12-9(15-11(13-5)22-2)14-10(19)16-24(20,21)6-3-4-23-7(6)8(17)18/h3-8H,2H2,1H3;3-4H,1-2H3,(H,17,18)(H2,12,13,14,15,16,19). The molecule has 0 bridgehead atoms. The molecule has 16 nitrogen and oxygen atoms in total. The quantitative estimate of drug-likeness (QED) is 0.127. The summed E-state index contributed by atoms with van der Waals surface area (Å²) < 4.78 is 79.1. The number of methoxy groups -OCH3 is 1. The highest BCUT2D eigenvalue weighted by Gasteiger charge is 2.31. The van der Waals surface area contributed by atoms with Crippen molar-refractivity contribution in [2.75, 3.05) is 19.0 Å². The van der Waals surface area contributed by atoms with E-state index in [2.05, 4.69) is 20.3 Å². The van der Waals surface area contributed by atoms with Crippen LogP contribution >= 0.6 is 22.9 Å². The van der Waals surface area contributed by atoms with Crippen molar-refractivity contribution in [2.45, 2.75) is 24.9 Å². The molecular weight excluding hydrogens is 713 g/mol. The number of amides is 2. The molecule has 256 valence electrons. The maximum Gasteiger partial charge on any atom is 0.416 e. The van der Waals surface area contributed by atoms with Crippen molar-refractivity contribution in [3.05, 3.63) is 79.2 Å². The molecule has 0 saturated heterocycles. The van der Waals surface area contributed by atoms with Gasteiger partial charge in [-0.25, -0.2) is 22.7 Å². The van der Waals surface area contributed by atoms with Gasteiger partial charge in [-0.05, 0) is 49.6 Å². The lowest BCUT2D eigenvalue weighted by Crippen LogP contribution is -2.35. The molecule has 22 heteroatoms. The van der Waals surface area contributed by atoms with Crippen LogP contribution in [0.2, 0.25) is 5.02 Å². The number of rotatable bonds is 10. The largest absolute Gasteiger partial charge is 0.487 e. The number of carbonyl (C=O) groups excluding carboxylic acids is 1. The normalized spacial score (nSPS) is 11.1. The molecule has 4 aromatic rings. The van der Waals surface area contributed by atoms with E-state index in [1.54, 1.807) is 11.6 Å². The number of aryl methyl sites for hydroxylation is 1. The van der Waals surface area contributed by atoms with Gasteiger partial charge in [-0.3, -0.25) is 15.4 Å². The van der Waals surface area contributed by atoms with Crippen LogP contribution in [0.5, 0.6) is 23.3 Å². The average molecular weight is 735 g/mol. The third kappa shape index (κ3) is 9.86. The van der Waals surface area contributed by atoms with E-state index >= 15 is 0 Å². The van der Waals surface area contributed by atoms with E-state index < -0.39 is 48.5 Å². The number of urea groups is 1. The number of hydrogen-bond acceptors (Lipinski definition) is 13. The van der Waals surface area contributed by atoms with Crippen LogP contribution in [0, 0.1) is 17.0 Å². The zero-order chi connectivity index (χ0) is 35.8. The van der Waals surface area contributed by atoms with Gasteiger partial charge in [0, 0.05) is 12.1 Å². The average Bonchev–Trinajstić information content (AvgIpc) is 3.50. The number of thiophene rings is 1. The Kier molecular flexibility index (Phi) is 12.0. The molecule has 2 amide bonds. The predicted octanol–water partition coefficient (Wildman–Crippen LogP) is 5.92. The summed E-state index contributed by atoms with van der Waals surface area (Å²) in [6.45, 7) is 3.38. The minimum Gasteiger partial charge on any atom is -0.487 e. The van der Waals surface area contributed by atoms with Crippen molar-refractivity contribution in [3.8, 4) is 23.3 Å². The van der Waals surface area contributed by atoms with E-state index in [4.69, 9.17) is 30.9 Å². The van der Waals surface area contributed by atoms with Crippen molar-refractivity contribution in [1.82, 2.24) is 19.7 Å². The molecule has 2 aromatic heterocycles. The second-order valence-corrected chi connectivity index (χ2v) is 11.7. The third-order valence-corrected chi connectivity index (χ3v) is 8.09. The Hall–Kier alpha value is -5.28. The minimum atomic E-state index is -4.52. The molecule has 0 saturated carbocycles. The Morgan fingerprint density at radius 1 is 1.10 bits per heavy atom. The number of sulfonamides is 1. The van der Waals surface area contributed by atoms with Crippen LogP contribution < -0.4 is 24.2 Å². The fourth-order valence-electron chi connectivity index (χ4n) is 3.44. The molecule has 0 aliphatic rings. The number of aromatic carboxylic acids is 1. The second-order valence-electron chi connectivity index (χ2n) is 8.74. The van der Waals surface area contributed by atoms with Crippen molar-refractivity contribution < 1.29 is 55.4 Å². The second kappa shape index (κ2) is 15.5. The maximum absolute atomic E-state index is 12.6. The van der Waals surface area contributed by atoms with Gasteiger partial charge in [0.05, 0.1) is 29.2 Å². The molecule has 2 aromatic carbocycles. The number of carbonyl (C=O) groups is 2. The highest BCUT2D eigenvalue weighted by Crippen LogP contribution is 2.38.